The lowest BCUT2D eigenvalue weighted by molar-refractivity contribution is -0.385. The molecule has 0 bridgehead atoms. The van der Waals surface area contributed by atoms with Crippen LogP contribution in [0, 0.1) is 24.0 Å². The van der Waals surface area contributed by atoms with Crippen LogP contribution in [0.3, 0.4) is 0 Å². The third-order valence-corrected chi connectivity index (χ3v) is 5.02. The second kappa shape index (κ2) is 8.05. The monoisotopic (exact) mass is 383 g/mol. The Morgan fingerprint density at radius 1 is 1.22 bits per heavy atom. The molecule has 8 heteroatoms. The number of benzene rings is 2. The van der Waals surface area contributed by atoms with Crippen molar-refractivity contribution in [2.45, 2.75) is 24.5 Å². The van der Waals surface area contributed by atoms with Crippen LogP contribution in [0.4, 0.5) is 11.4 Å². The average molecular weight is 383 g/mol. The van der Waals surface area contributed by atoms with Crippen molar-refractivity contribution in [1.82, 2.24) is 5.16 Å². The zero-order valence-electron chi connectivity index (χ0n) is 14.8. The van der Waals surface area contributed by atoms with E-state index >= 15 is 0 Å². The Labute approximate surface area is 159 Å². The van der Waals surface area contributed by atoms with Crippen molar-refractivity contribution in [1.29, 1.82) is 0 Å². The van der Waals surface area contributed by atoms with Crippen LogP contribution < -0.4 is 5.32 Å². The van der Waals surface area contributed by atoms with Gasteiger partial charge in [-0.05, 0) is 32.0 Å². The van der Waals surface area contributed by atoms with Crippen molar-refractivity contribution in [3.63, 3.8) is 0 Å². The maximum Gasteiger partial charge on any atom is 0.274 e. The summed E-state index contributed by atoms with van der Waals surface area (Å²) < 4.78 is 5.20. The van der Waals surface area contributed by atoms with Crippen molar-refractivity contribution in [2.75, 3.05) is 5.32 Å². The molecule has 27 heavy (non-hydrogen) atoms. The predicted molar refractivity (Wildman–Crippen MR) is 103 cm³/mol. The van der Waals surface area contributed by atoms with Crippen LogP contribution >= 0.6 is 11.8 Å². The maximum absolute atomic E-state index is 12.8. The summed E-state index contributed by atoms with van der Waals surface area (Å²) in [7, 11) is 0. The molecule has 2 aromatic carbocycles. The summed E-state index contributed by atoms with van der Waals surface area (Å²) in [5.74, 6) is 0.943. The Kier molecular flexibility index (Phi) is 5.56. The molecule has 0 aliphatic carbocycles. The van der Waals surface area contributed by atoms with Gasteiger partial charge in [0.1, 0.15) is 5.76 Å². The summed E-state index contributed by atoms with van der Waals surface area (Å²) in [6.45, 7) is 3.46. The molecule has 0 saturated heterocycles. The molecule has 0 atom stereocenters. The van der Waals surface area contributed by atoms with Crippen molar-refractivity contribution >= 4 is 29.0 Å². The summed E-state index contributed by atoms with van der Waals surface area (Å²) >= 11 is 1.46. The van der Waals surface area contributed by atoms with E-state index in [4.69, 9.17) is 4.52 Å². The number of thioether (sulfide) groups is 1. The van der Waals surface area contributed by atoms with Gasteiger partial charge in [-0.25, -0.2) is 0 Å². The van der Waals surface area contributed by atoms with E-state index in [0.717, 1.165) is 16.3 Å². The summed E-state index contributed by atoms with van der Waals surface area (Å²) in [5.41, 5.74) is 2.09. The van der Waals surface area contributed by atoms with Gasteiger partial charge in [-0.1, -0.05) is 23.4 Å². The first-order valence-electron chi connectivity index (χ1n) is 8.15. The normalized spacial score (nSPS) is 10.6. The van der Waals surface area contributed by atoms with E-state index in [9.17, 15) is 14.9 Å². The number of aryl methyl sites for hydroxylation is 1. The smallest absolute Gasteiger partial charge is 0.274 e. The summed E-state index contributed by atoms with van der Waals surface area (Å²) in [4.78, 5) is 24.2. The van der Waals surface area contributed by atoms with Crippen molar-refractivity contribution in [3.05, 3.63) is 81.2 Å². The number of amides is 1. The molecule has 0 spiro atoms. The fraction of sp³-hybridized carbons (Fsp3) is 0.158. The molecule has 0 saturated carbocycles. The van der Waals surface area contributed by atoms with E-state index < -0.39 is 4.92 Å². The molecule has 0 aliphatic rings. The molecule has 3 aromatic rings. The van der Waals surface area contributed by atoms with Gasteiger partial charge >= 0.3 is 0 Å². The highest BCUT2D eigenvalue weighted by Crippen LogP contribution is 2.29. The maximum atomic E-state index is 12.8. The number of aromatic nitrogens is 1. The summed E-state index contributed by atoms with van der Waals surface area (Å²) in [6, 6.07) is 13.7. The Morgan fingerprint density at radius 2 is 2.00 bits per heavy atom. The zero-order valence-corrected chi connectivity index (χ0v) is 15.6. The largest absolute Gasteiger partial charge is 0.360 e. The molecule has 0 radical (unpaired) electrons. The molecular weight excluding hydrogens is 366 g/mol. The number of hydrogen-bond donors (Lipinski definition) is 1. The standard InChI is InChI=1S/C19H17N3O4S/c1-12-10-14(26-21-12)11-27-18-9-4-3-6-15(18)19(23)20-16-7-5-8-17(13(16)2)22(24)25/h3-10H,11H2,1-2H3,(H,20,23). The van der Waals surface area contributed by atoms with Gasteiger partial charge in [-0.3, -0.25) is 14.9 Å². The number of nitro benzene ring substituents is 1. The molecule has 0 unspecified atom stereocenters. The van der Waals surface area contributed by atoms with E-state index in [1.165, 1.54) is 17.8 Å². The lowest BCUT2D eigenvalue weighted by Crippen LogP contribution is -2.14. The van der Waals surface area contributed by atoms with Gasteiger partial charge in [0, 0.05) is 17.0 Å². The molecule has 1 N–H and O–H groups in total. The molecule has 1 aromatic heterocycles. The van der Waals surface area contributed by atoms with E-state index in [-0.39, 0.29) is 11.6 Å². The molecule has 0 aliphatic heterocycles. The lowest BCUT2D eigenvalue weighted by atomic mass is 10.1. The van der Waals surface area contributed by atoms with Crippen LogP contribution in [0.1, 0.15) is 27.4 Å². The number of carbonyl (C=O) groups is 1. The first kappa shape index (κ1) is 18.7. The predicted octanol–water partition coefficient (Wildman–Crippen LogP) is 4.74. The number of nitrogens with zero attached hydrogens (tertiary/aromatic N) is 2. The topological polar surface area (TPSA) is 98.3 Å². The van der Waals surface area contributed by atoms with Crippen LogP contribution in [0.2, 0.25) is 0 Å². The Bertz CT molecular complexity index is 1000. The van der Waals surface area contributed by atoms with Gasteiger partial charge in [-0.15, -0.1) is 11.8 Å². The minimum absolute atomic E-state index is 0.0313. The molecule has 3 rings (SSSR count). The molecule has 7 nitrogen and oxygen atoms in total. The average Bonchev–Trinajstić information content (AvgIpc) is 3.07. The minimum Gasteiger partial charge on any atom is -0.360 e. The van der Waals surface area contributed by atoms with E-state index in [1.807, 2.05) is 25.1 Å². The molecule has 0 fully saturated rings. The van der Waals surface area contributed by atoms with Crippen LogP contribution in [0.15, 0.2) is 57.9 Å². The van der Waals surface area contributed by atoms with E-state index in [1.54, 1.807) is 31.2 Å². The highest BCUT2D eigenvalue weighted by molar-refractivity contribution is 7.98. The highest BCUT2D eigenvalue weighted by atomic mass is 32.2. The van der Waals surface area contributed by atoms with Gasteiger partial charge in [0.2, 0.25) is 0 Å². The van der Waals surface area contributed by atoms with Crippen molar-refractivity contribution in [2.24, 2.45) is 0 Å². The Balaban J connectivity index is 1.79. The molecule has 1 amide bonds. The Hall–Kier alpha value is -3.13. The number of rotatable bonds is 6. The fourth-order valence-corrected chi connectivity index (χ4v) is 3.48. The van der Waals surface area contributed by atoms with Gasteiger partial charge in [0.25, 0.3) is 11.6 Å². The molecule has 1 heterocycles. The van der Waals surface area contributed by atoms with Crippen molar-refractivity contribution < 1.29 is 14.2 Å². The third kappa shape index (κ3) is 4.35. The zero-order chi connectivity index (χ0) is 19.4. The second-order valence-electron chi connectivity index (χ2n) is 5.88. The van der Waals surface area contributed by atoms with Gasteiger partial charge in [0.05, 0.1) is 33.2 Å². The summed E-state index contributed by atoms with van der Waals surface area (Å²) in [5, 5.41) is 17.7. The van der Waals surface area contributed by atoms with E-state index in [0.29, 0.717) is 22.6 Å². The van der Waals surface area contributed by atoms with Crippen LogP contribution in [0.5, 0.6) is 0 Å². The van der Waals surface area contributed by atoms with Crippen LogP contribution in [-0.2, 0) is 5.75 Å². The van der Waals surface area contributed by atoms with Gasteiger partial charge in [-0.2, -0.15) is 0 Å². The number of nitro groups is 1. The summed E-state index contributed by atoms with van der Waals surface area (Å²) in [6.07, 6.45) is 0. The van der Waals surface area contributed by atoms with Gasteiger partial charge < -0.3 is 9.84 Å². The molecular formula is C19H17N3O4S. The lowest BCUT2D eigenvalue weighted by Gasteiger charge is -2.11. The fourth-order valence-electron chi connectivity index (χ4n) is 2.56. The first-order valence-corrected chi connectivity index (χ1v) is 9.13. The van der Waals surface area contributed by atoms with Crippen LogP contribution in [-0.4, -0.2) is 16.0 Å². The minimum atomic E-state index is -0.464. The quantitative estimate of drug-likeness (QED) is 0.375. The number of anilines is 1. The number of hydrogen-bond acceptors (Lipinski definition) is 6. The van der Waals surface area contributed by atoms with Crippen LogP contribution in [0.25, 0.3) is 0 Å². The molecule has 138 valence electrons. The number of nitrogens with one attached hydrogen (secondary N) is 1. The van der Waals surface area contributed by atoms with Gasteiger partial charge in [0.15, 0.2) is 0 Å². The number of carbonyl (C=O) groups excluding carboxylic acids is 1. The Morgan fingerprint density at radius 3 is 2.70 bits per heavy atom. The van der Waals surface area contributed by atoms with E-state index in [2.05, 4.69) is 10.5 Å². The highest BCUT2D eigenvalue weighted by Gasteiger charge is 2.17. The second-order valence-corrected chi connectivity index (χ2v) is 6.90. The van der Waals surface area contributed by atoms with Crippen molar-refractivity contribution in [3.8, 4) is 0 Å². The SMILES string of the molecule is Cc1cc(CSc2ccccc2C(=O)Nc2cccc([N+](=O)[O-])c2C)on1. The first-order chi connectivity index (χ1) is 13.0. The third-order valence-electron chi connectivity index (χ3n) is 3.93.